The molecule has 0 aliphatic heterocycles. The third-order valence-corrected chi connectivity index (χ3v) is 8.37. The molecule has 0 radical (unpaired) electrons. The molecule has 4 N–H and O–H groups in total. The Bertz CT molecular complexity index is 1250. The maximum absolute atomic E-state index is 12.3. The van der Waals surface area contributed by atoms with Crippen LogP contribution in [0.5, 0.6) is 5.88 Å². The number of rotatable bonds is 12. The molecule has 1 aliphatic carbocycles. The number of hydrogen-bond donors (Lipinski definition) is 4. The SMILES string of the molecule is CCOc1cncc(-c2cnc(C(O)N[C@H](c3cc(NS(=O)(=O)C4CC4)ccn3)[C@@H](C)CO)s2)n1. The first kappa shape index (κ1) is 25.4. The second-order valence-electron chi connectivity index (χ2n) is 8.26. The minimum absolute atomic E-state index is 0.174. The third-order valence-electron chi connectivity index (χ3n) is 5.43. The van der Waals surface area contributed by atoms with Gasteiger partial charge in [-0.2, -0.15) is 0 Å². The fraction of sp³-hybridized carbons (Fsp3) is 0.455. The lowest BCUT2D eigenvalue weighted by atomic mass is 9.98. The monoisotopic (exact) mass is 520 g/mol. The number of aliphatic hydroxyl groups is 2. The molecule has 0 amide bonds. The van der Waals surface area contributed by atoms with Crippen molar-refractivity contribution in [2.75, 3.05) is 17.9 Å². The van der Waals surface area contributed by atoms with Gasteiger partial charge >= 0.3 is 0 Å². The Morgan fingerprint density at radius 2 is 2.06 bits per heavy atom. The molecule has 0 saturated heterocycles. The number of ether oxygens (including phenoxy) is 1. The second-order valence-corrected chi connectivity index (χ2v) is 11.3. The first-order valence-corrected chi connectivity index (χ1v) is 13.6. The van der Waals surface area contributed by atoms with Crippen LogP contribution >= 0.6 is 11.3 Å². The zero-order chi connectivity index (χ0) is 25.0. The Hall–Kier alpha value is -2.71. The van der Waals surface area contributed by atoms with Crippen LogP contribution in [0.25, 0.3) is 10.6 Å². The van der Waals surface area contributed by atoms with Crippen LogP contribution in [0.3, 0.4) is 0 Å². The fourth-order valence-corrected chi connectivity index (χ4v) is 5.61. The summed E-state index contributed by atoms with van der Waals surface area (Å²) >= 11 is 1.24. The minimum atomic E-state index is -3.43. The van der Waals surface area contributed by atoms with Gasteiger partial charge in [-0.15, -0.1) is 11.3 Å². The molecule has 1 aliphatic rings. The molecule has 188 valence electrons. The lowest BCUT2D eigenvalue weighted by Crippen LogP contribution is -2.33. The van der Waals surface area contributed by atoms with E-state index in [1.807, 2.05) is 6.92 Å². The Balaban J connectivity index is 1.52. The van der Waals surface area contributed by atoms with Crippen molar-refractivity contribution in [2.45, 2.75) is 44.2 Å². The molecule has 3 aromatic heterocycles. The molecule has 11 nitrogen and oxygen atoms in total. The van der Waals surface area contributed by atoms with Crippen molar-refractivity contribution in [3.63, 3.8) is 0 Å². The summed E-state index contributed by atoms with van der Waals surface area (Å²) in [5, 5.41) is 23.8. The van der Waals surface area contributed by atoms with Crippen LogP contribution in [0, 0.1) is 5.92 Å². The van der Waals surface area contributed by atoms with Crippen molar-refractivity contribution < 1.29 is 23.4 Å². The topological polar surface area (TPSA) is 159 Å². The molecule has 35 heavy (non-hydrogen) atoms. The second kappa shape index (κ2) is 10.9. The Kier molecular flexibility index (Phi) is 7.91. The maximum Gasteiger partial charge on any atom is 0.235 e. The smallest absolute Gasteiger partial charge is 0.235 e. The van der Waals surface area contributed by atoms with E-state index in [4.69, 9.17) is 4.74 Å². The van der Waals surface area contributed by atoms with Gasteiger partial charge in [-0.05, 0) is 31.9 Å². The highest BCUT2D eigenvalue weighted by atomic mass is 32.2. The standard InChI is InChI=1S/C22H28N6O5S2/c1-3-33-19-11-23-9-17(26-19)18-10-25-22(34-18)21(30)27-20(13(2)12-29)16-8-14(6-7-24-16)28-35(31,32)15-4-5-15/h6-11,13,15,20-21,27,29-30H,3-5,12H2,1-2H3,(H,24,28)/t13-,20-,21?/m0/s1. The van der Waals surface area contributed by atoms with Crippen molar-refractivity contribution in [1.29, 1.82) is 0 Å². The molecule has 3 aromatic rings. The van der Waals surface area contributed by atoms with Gasteiger partial charge < -0.3 is 14.9 Å². The Morgan fingerprint density at radius 1 is 1.26 bits per heavy atom. The maximum atomic E-state index is 12.3. The van der Waals surface area contributed by atoms with Gasteiger partial charge in [0.1, 0.15) is 10.7 Å². The van der Waals surface area contributed by atoms with Crippen molar-refractivity contribution in [3.8, 4) is 16.5 Å². The number of pyridine rings is 1. The number of hydrogen-bond acceptors (Lipinski definition) is 11. The number of nitrogens with zero attached hydrogens (tertiary/aromatic N) is 4. The van der Waals surface area contributed by atoms with Crippen molar-refractivity contribution in [2.24, 2.45) is 5.92 Å². The van der Waals surface area contributed by atoms with E-state index in [1.54, 1.807) is 31.5 Å². The summed E-state index contributed by atoms with van der Waals surface area (Å²) < 4.78 is 32.6. The quantitative estimate of drug-likeness (QED) is 0.261. The Morgan fingerprint density at radius 3 is 2.77 bits per heavy atom. The predicted molar refractivity (Wildman–Crippen MR) is 131 cm³/mol. The number of aliphatic hydroxyl groups excluding tert-OH is 2. The highest BCUT2D eigenvalue weighted by molar-refractivity contribution is 7.93. The van der Waals surface area contributed by atoms with E-state index in [0.29, 0.717) is 52.3 Å². The van der Waals surface area contributed by atoms with Crippen LogP contribution in [0.4, 0.5) is 5.69 Å². The van der Waals surface area contributed by atoms with Crippen molar-refractivity contribution >= 4 is 27.0 Å². The fourth-order valence-electron chi connectivity index (χ4n) is 3.41. The first-order chi connectivity index (χ1) is 16.8. The average molecular weight is 521 g/mol. The zero-order valence-corrected chi connectivity index (χ0v) is 21.0. The summed E-state index contributed by atoms with van der Waals surface area (Å²) in [5.41, 5.74) is 1.44. The van der Waals surface area contributed by atoms with Gasteiger partial charge in [0.05, 0.1) is 46.6 Å². The van der Waals surface area contributed by atoms with Gasteiger partial charge in [0.25, 0.3) is 0 Å². The molecule has 1 fully saturated rings. The third kappa shape index (κ3) is 6.30. The van der Waals surface area contributed by atoms with Crippen LogP contribution in [0.2, 0.25) is 0 Å². The lowest BCUT2D eigenvalue weighted by molar-refractivity contribution is 0.0959. The molecule has 1 unspecified atom stereocenters. The molecule has 0 aromatic carbocycles. The molecule has 0 spiro atoms. The van der Waals surface area contributed by atoms with Crippen molar-refractivity contribution in [3.05, 3.63) is 47.6 Å². The Labute approximate surface area is 207 Å². The van der Waals surface area contributed by atoms with Crippen LogP contribution in [-0.2, 0) is 10.0 Å². The molecule has 13 heteroatoms. The average Bonchev–Trinajstić information content (AvgIpc) is 3.60. The van der Waals surface area contributed by atoms with E-state index in [0.717, 1.165) is 0 Å². The van der Waals surface area contributed by atoms with E-state index in [-0.39, 0.29) is 17.8 Å². The van der Waals surface area contributed by atoms with Gasteiger partial charge in [-0.25, -0.2) is 18.4 Å². The van der Waals surface area contributed by atoms with Crippen LogP contribution in [0.15, 0.2) is 36.9 Å². The van der Waals surface area contributed by atoms with Gasteiger partial charge in [0.2, 0.25) is 15.9 Å². The molecule has 3 atom stereocenters. The van der Waals surface area contributed by atoms with Gasteiger partial charge in [-0.3, -0.25) is 20.0 Å². The lowest BCUT2D eigenvalue weighted by Gasteiger charge is -2.26. The summed E-state index contributed by atoms with van der Waals surface area (Å²) in [5.74, 6) is 0.0688. The molecule has 4 rings (SSSR count). The molecular weight excluding hydrogens is 492 g/mol. The molecule has 1 saturated carbocycles. The van der Waals surface area contributed by atoms with Gasteiger partial charge in [0, 0.05) is 24.9 Å². The number of anilines is 1. The zero-order valence-electron chi connectivity index (χ0n) is 19.3. The predicted octanol–water partition coefficient (Wildman–Crippen LogP) is 2.25. The normalized spacial score (nSPS) is 16.5. The summed E-state index contributed by atoms with van der Waals surface area (Å²) in [7, 11) is -3.43. The van der Waals surface area contributed by atoms with Crippen LogP contribution < -0.4 is 14.8 Å². The minimum Gasteiger partial charge on any atom is -0.477 e. The number of thiazole rings is 1. The summed E-state index contributed by atoms with van der Waals surface area (Å²) in [4.78, 5) is 17.9. The summed E-state index contributed by atoms with van der Waals surface area (Å²) in [6, 6.07) is 2.61. The van der Waals surface area contributed by atoms with E-state index in [2.05, 4.69) is 30.0 Å². The van der Waals surface area contributed by atoms with Gasteiger partial charge in [-0.1, -0.05) is 6.92 Å². The number of nitrogens with one attached hydrogen (secondary N) is 2. The van der Waals surface area contributed by atoms with Crippen molar-refractivity contribution in [1.82, 2.24) is 25.3 Å². The van der Waals surface area contributed by atoms with Crippen LogP contribution in [-0.4, -0.2) is 57.0 Å². The van der Waals surface area contributed by atoms with E-state index < -0.39 is 22.3 Å². The summed E-state index contributed by atoms with van der Waals surface area (Å²) in [6.45, 7) is 3.95. The number of sulfonamides is 1. The highest BCUT2D eigenvalue weighted by Gasteiger charge is 2.36. The highest BCUT2D eigenvalue weighted by Crippen LogP contribution is 2.32. The van der Waals surface area contributed by atoms with E-state index in [1.165, 1.54) is 23.7 Å². The summed E-state index contributed by atoms with van der Waals surface area (Å²) in [6.07, 6.45) is 6.36. The molecular formula is C22H28N6O5S2. The molecule has 0 bridgehead atoms. The first-order valence-electron chi connectivity index (χ1n) is 11.2. The molecule has 3 heterocycles. The van der Waals surface area contributed by atoms with Crippen LogP contribution in [0.1, 0.15) is 49.7 Å². The number of aromatic nitrogens is 4. The largest absolute Gasteiger partial charge is 0.477 e. The van der Waals surface area contributed by atoms with E-state index >= 15 is 0 Å². The van der Waals surface area contributed by atoms with Gasteiger partial charge in [0.15, 0.2) is 6.23 Å². The van der Waals surface area contributed by atoms with E-state index in [9.17, 15) is 18.6 Å².